The maximum Gasteiger partial charge on any atom is 0.339 e. The van der Waals surface area contributed by atoms with Crippen molar-refractivity contribution in [1.82, 2.24) is 4.90 Å². The number of amides is 4. The second-order valence-corrected chi connectivity index (χ2v) is 12.4. The second kappa shape index (κ2) is 8.95. The third kappa shape index (κ3) is 3.47. The molecule has 41 heavy (non-hydrogen) atoms. The number of phenolic OH excluding ortho intramolecular Hbond substituents is 1. The maximum atomic E-state index is 14.0. The van der Waals surface area contributed by atoms with E-state index < -0.39 is 74.3 Å². The zero-order chi connectivity index (χ0) is 29.8. The smallest absolute Gasteiger partial charge is 0.339 e. The van der Waals surface area contributed by atoms with E-state index in [9.17, 15) is 39.3 Å². The number of aromatic carboxylic acids is 1. The normalized spacial score (nSPS) is 32.5. The lowest BCUT2D eigenvalue weighted by atomic mass is 9.56. The van der Waals surface area contributed by atoms with Gasteiger partial charge in [0.1, 0.15) is 17.1 Å². The summed E-state index contributed by atoms with van der Waals surface area (Å²) in [6.45, 7) is 0. The van der Waals surface area contributed by atoms with Crippen LogP contribution in [0.4, 0.5) is 5.69 Å². The van der Waals surface area contributed by atoms with E-state index in [1.165, 1.54) is 31.3 Å². The Bertz CT molecular complexity index is 1640. The number of hydrogen-bond donors (Lipinski definition) is 3. The number of aromatic hydroxyl groups is 2. The number of rotatable bonds is 3. The lowest BCUT2D eigenvalue weighted by Gasteiger charge is -2.51. The van der Waals surface area contributed by atoms with E-state index in [1.807, 2.05) is 0 Å². The van der Waals surface area contributed by atoms with Gasteiger partial charge in [-0.05, 0) is 48.6 Å². The highest BCUT2D eigenvalue weighted by Crippen LogP contribution is 2.66. The first kappa shape index (κ1) is 27.6. The highest BCUT2D eigenvalue weighted by Gasteiger charge is 2.76. The molecule has 212 valence electrons. The Hall–Kier alpha value is -3.60. The summed E-state index contributed by atoms with van der Waals surface area (Å²) in [6.07, 6.45) is 1.61. The molecule has 3 fully saturated rings. The van der Waals surface area contributed by atoms with Crippen molar-refractivity contribution in [3.05, 3.63) is 64.2 Å². The zero-order valence-electron chi connectivity index (χ0n) is 21.2. The van der Waals surface area contributed by atoms with Gasteiger partial charge >= 0.3 is 5.97 Å². The SMILES string of the molecule is CN1C(=O)C2(Cl)CC3C(=CCC4C(=O)N(c5ccc(C(=O)O)c(O)c5)C(=O)C43)C(c3ccc(O)cc3Cl)C2(Cl)C1=O. The van der Waals surface area contributed by atoms with Crippen LogP contribution in [0.25, 0.3) is 0 Å². The Labute approximate surface area is 247 Å². The van der Waals surface area contributed by atoms with Crippen LogP contribution in [0.5, 0.6) is 11.5 Å². The van der Waals surface area contributed by atoms with Crippen molar-refractivity contribution < 1.29 is 39.3 Å². The fraction of sp³-hybridized carbons (Fsp3) is 0.321. The van der Waals surface area contributed by atoms with Crippen molar-refractivity contribution in [3.8, 4) is 11.5 Å². The van der Waals surface area contributed by atoms with E-state index in [2.05, 4.69) is 0 Å². The van der Waals surface area contributed by atoms with E-state index >= 15 is 0 Å². The second-order valence-electron chi connectivity index (χ2n) is 10.7. The molecule has 0 spiro atoms. The van der Waals surface area contributed by atoms with Crippen LogP contribution in [0.1, 0.15) is 34.7 Å². The number of benzene rings is 2. The molecule has 2 heterocycles. The number of phenols is 2. The van der Waals surface area contributed by atoms with Crippen molar-refractivity contribution in [2.75, 3.05) is 11.9 Å². The summed E-state index contributed by atoms with van der Waals surface area (Å²) >= 11 is 20.7. The number of carbonyl (C=O) groups is 5. The van der Waals surface area contributed by atoms with Crippen molar-refractivity contribution in [3.63, 3.8) is 0 Å². The summed E-state index contributed by atoms with van der Waals surface area (Å²) in [7, 11) is 1.27. The third-order valence-corrected chi connectivity index (χ3v) is 10.5. The molecule has 0 bridgehead atoms. The fourth-order valence-corrected chi connectivity index (χ4v) is 8.23. The van der Waals surface area contributed by atoms with Gasteiger partial charge in [-0.25, -0.2) is 9.69 Å². The first-order chi connectivity index (χ1) is 19.2. The van der Waals surface area contributed by atoms with Gasteiger partial charge in [0.05, 0.1) is 17.5 Å². The molecule has 3 N–H and O–H groups in total. The van der Waals surface area contributed by atoms with Gasteiger partial charge in [-0.15, -0.1) is 23.2 Å². The number of carboxylic acids is 1. The van der Waals surface area contributed by atoms with Crippen LogP contribution in [-0.4, -0.2) is 66.6 Å². The van der Waals surface area contributed by atoms with Gasteiger partial charge in [0.15, 0.2) is 9.75 Å². The molecule has 2 aromatic carbocycles. The van der Waals surface area contributed by atoms with E-state index in [1.54, 1.807) is 6.08 Å². The molecular weight excluding hydrogens is 599 g/mol. The van der Waals surface area contributed by atoms with Gasteiger partial charge in [0, 0.05) is 24.1 Å². The molecule has 0 aromatic heterocycles. The number of alkyl halides is 2. The summed E-state index contributed by atoms with van der Waals surface area (Å²) in [4.78, 5) is 63.7. The van der Waals surface area contributed by atoms with Crippen LogP contribution in [0.15, 0.2) is 48.0 Å². The molecule has 6 unspecified atom stereocenters. The topological polar surface area (TPSA) is 153 Å². The van der Waals surface area contributed by atoms with Crippen molar-refractivity contribution in [2.45, 2.75) is 28.5 Å². The van der Waals surface area contributed by atoms with E-state index in [0.717, 1.165) is 21.9 Å². The number of nitrogens with zero attached hydrogens (tertiary/aromatic N) is 2. The monoisotopic (exact) mass is 618 g/mol. The molecule has 13 heteroatoms. The van der Waals surface area contributed by atoms with E-state index in [4.69, 9.17) is 34.8 Å². The Morgan fingerprint density at radius 1 is 0.976 bits per heavy atom. The quantitative estimate of drug-likeness (QED) is 0.268. The number of likely N-dealkylation sites (tertiary alicyclic amines) is 1. The number of halogens is 3. The van der Waals surface area contributed by atoms with E-state index in [-0.39, 0.29) is 29.3 Å². The summed E-state index contributed by atoms with van der Waals surface area (Å²) in [6, 6.07) is 7.49. The zero-order valence-corrected chi connectivity index (χ0v) is 23.4. The first-order valence-electron chi connectivity index (χ1n) is 12.6. The van der Waals surface area contributed by atoms with Crippen LogP contribution in [0.3, 0.4) is 0 Å². The highest BCUT2D eigenvalue weighted by molar-refractivity contribution is 6.53. The number of hydrogen-bond acceptors (Lipinski definition) is 7. The van der Waals surface area contributed by atoms with Crippen molar-refractivity contribution in [2.24, 2.45) is 17.8 Å². The molecule has 2 aliphatic carbocycles. The molecule has 4 amide bonds. The van der Waals surface area contributed by atoms with Gasteiger partial charge in [0.25, 0.3) is 11.8 Å². The lowest BCUT2D eigenvalue weighted by molar-refractivity contribution is -0.138. The van der Waals surface area contributed by atoms with Crippen LogP contribution in [0, 0.1) is 17.8 Å². The molecular formula is C28H21Cl3N2O8. The predicted octanol–water partition coefficient (Wildman–Crippen LogP) is 3.64. The van der Waals surface area contributed by atoms with E-state index in [0.29, 0.717) is 11.1 Å². The van der Waals surface area contributed by atoms with Crippen molar-refractivity contribution >= 4 is 70.1 Å². The minimum atomic E-state index is -2.01. The molecule has 2 saturated heterocycles. The Kier molecular flexibility index (Phi) is 6.02. The first-order valence-corrected chi connectivity index (χ1v) is 13.7. The summed E-state index contributed by atoms with van der Waals surface area (Å²) in [5, 5.41) is 29.5. The molecule has 2 aromatic rings. The standard InChI is InChI=1S/C28H21Cl3N2O8/c1-32-25(40)27(30)10-17-13(21(28(27,31)26(32)41)14-5-3-12(34)9-18(14)29)6-7-16-20(17)23(37)33(22(16)36)11-2-4-15(24(38)39)19(35)8-11/h2-6,8-9,16-17,20-21,34-35H,7,10H2,1H3,(H,38,39). The molecule has 2 aliphatic heterocycles. The van der Waals surface area contributed by atoms with Gasteiger partial charge in [-0.2, -0.15) is 0 Å². The minimum Gasteiger partial charge on any atom is -0.508 e. The number of carboxylic acid groups (broad SMARTS) is 1. The minimum absolute atomic E-state index is 0.00785. The van der Waals surface area contributed by atoms with Gasteiger partial charge < -0.3 is 15.3 Å². The van der Waals surface area contributed by atoms with Crippen molar-refractivity contribution in [1.29, 1.82) is 0 Å². The lowest BCUT2D eigenvalue weighted by Crippen LogP contribution is -2.60. The van der Waals surface area contributed by atoms with Crippen LogP contribution < -0.4 is 4.90 Å². The molecule has 4 aliphatic rings. The fourth-order valence-electron chi connectivity index (χ4n) is 6.93. The number of carbonyl (C=O) groups excluding carboxylic acids is 4. The molecule has 6 atom stereocenters. The number of anilines is 1. The Balaban J connectivity index is 1.49. The van der Waals surface area contributed by atoms with Crippen LogP contribution in [0.2, 0.25) is 5.02 Å². The number of allylic oxidation sites excluding steroid dienone is 2. The number of fused-ring (bicyclic) bond motifs is 4. The largest absolute Gasteiger partial charge is 0.508 e. The van der Waals surface area contributed by atoms with Gasteiger partial charge in [-0.3, -0.25) is 24.1 Å². The molecule has 0 radical (unpaired) electrons. The molecule has 6 rings (SSSR count). The molecule has 10 nitrogen and oxygen atoms in total. The third-order valence-electron chi connectivity index (χ3n) is 8.78. The summed E-state index contributed by atoms with van der Waals surface area (Å²) in [5.74, 6) is -8.52. The van der Waals surface area contributed by atoms with Crippen LogP contribution in [-0.2, 0) is 19.2 Å². The Morgan fingerprint density at radius 2 is 1.68 bits per heavy atom. The average Bonchev–Trinajstić information content (AvgIpc) is 3.24. The number of imide groups is 2. The molecule has 1 saturated carbocycles. The van der Waals surface area contributed by atoms with Crippen LogP contribution >= 0.6 is 34.8 Å². The average molecular weight is 620 g/mol. The maximum absolute atomic E-state index is 14.0. The predicted molar refractivity (Wildman–Crippen MR) is 146 cm³/mol. The van der Waals surface area contributed by atoms with Gasteiger partial charge in [0.2, 0.25) is 11.8 Å². The summed E-state index contributed by atoms with van der Waals surface area (Å²) in [5.41, 5.74) is 0.435. The highest BCUT2D eigenvalue weighted by atomic mass is 35.5. The Morgan fingerprint density at radius 3 is 2.32 bits per heavy atom. The summed E-state index contributed by atoms with van der Waals surface area (Å²) < 4.78 is 0. The van der Waals surface area contributed by atoms with Gasteiger partial charge in [-0.1, -0.05) is 29.3 Å².